The number of rotatable bonds is 10. The van der Waals surface area contributed by atoms with Gasteiger partial charge in [0.1, 0.15) is 11.5 Å². The summed E-state index contributed by atoms with van der Waals surface area (Å²) in [6, 6.07) is 14.5. The van der Waals surface area contributed by atoms with Crippen LogP contribution >= 0.6 is 11.8 Å². The van der Waals surface area contributed by atoms with E-state index in [1.165, 1.54) is 11.8 Å². The fraction of sp³-hybridized carbons (Fsp3) is 0.367. The van der Waals surface area contributed by atoms with Gasteiger partial charge in [-0.25, -0.2) is 9.79 Å². The van der Waals surface area contributed by atoms with Gasteiger partial charge in [0.2, 0.25) is 5.91 Å². The molecule has 0 bridgehead atoms. The number of esters is 1. The van der Waals surface area contributed by atoms with Crippen LogP contribution in [0.1, 0.15) is 43.4 Å². The molecule has 5 rings (SSSR count). The Kier molecular flexibility index (Phi) is 8.76. The molecular formula is C30H33N3O6S. The highest BCUT2D eigenvalue weighted by molar-refractivity contribution is 8.16. The molecule has 1 amide bonds. The molecule has 1 saturated heterocycles. The van der Waals surface area contributed by atoms with Crippen LogP contribution in [0.15, 0.2) is 70.2 Å². The number of thioether (sulfide) groups is 1. The fourth-order valence-electron chi connectivity index (χ4n) is 5.05. The van der Waals surface area contributed by atoms with Gasteiger partial charge in [-0.15, -0.1) is 0 Å². The molecule has 0 aliphatic carbocycles. The smallest absolute Gasteiger partial charge is 0.338 e. The third kappa shape index (κ3) is 5.88. The van der Waals surface area contributed by atoms with Crippen LogP contribution < -0.4 is 14.8 Å². The number of hydrogen-bond acceptors (Lipinski definition) is 9. The van der Waals surface area contributed by atoms with Crippen molar-refractivity contribution >= 4 is 34.5 Å². The lowest BCUT2D eigenvalue weighted by Gasteiger charge is -2.37. The number of carbonyl (C=O) groups excluding carboxylic acids is 2. The SMILES string of the molecule is CCOC(=O)C1=C(c2ccccc2)N=C2SC=C(CC(=O)NC[C@@H]3CCCO3)N2[C@@H]1c1cc(OC)cc(OC)c1. The summed E-state index contributed by atoms with van der Waals surface area (Å²) < 4.78 is 22.4. The molecule has 2 aromatic carbocycles. The molecule has 0 saturated carbocycles. The number of amidine groups is 1. The van der Waals surface area contributed by atoms with Crippen molar-refractivity contribution in [1.82, 2.24) is 10.2 Å². The van der Waals surface area contributed by atoms with Crippen molar-refractivity contribution in [3.63, 3.8) is 0 Å². The summed E-state index contributed by atoms with van der Waals surface area (Å²) in [6.45, 7) is 3.19. The molecule has 0 spiro atoms. The average molecular weight is 564 g/mol. The first-order valence-electron chi connectivity index (χ1n) is 13.3. The molecule has 1 N–H and O–H groups in total. The van der Waals surface area contributed by atoms with Crippen molar-refractivity contribution in [1.29, 1.82) is 0 Å². The summed E-state index contributed by atoms with van der Waals surface area (Å²) in [4.78, 5) is 33.6. The summed E-state index contributed by atoms with van der Waals surface area (Å²) in [5.41, 5.74) is 3.17. The second-order valence-electron chi connectivity index (χ2n) is 9.50. The number of amides is 1. The summed E-state index contributed by atoms with van der Waals surface area (Å²) in [7, 11) is 3.17. The topological polar surface area (TPSA) is 98.7 Å². The minimum absolute atomic E-state index is 0.0479. The fourth-order valence-corrected chi connectivity index (χ4v) is 5.97. The first-order valence-corrected chi connectivity index (χ1v) is 14.2. The highest BCUT2D eigenvalue weighted by atomic mass is 32.2. The van der Waals surface area contributed by atoms with Crippen molar-refractivity contribution in [2.45, 2.75) is 38.3 Å². The van der Waals surface area contributed by atoms with E-state index >= 15 is 0 Å². The van der Waals surface area contributed by atoms with E-state index in [0.29, 0.717) is 34.5 Å². The Morgan fingerprint density at radius 2 is 1.88 bits per heavy atom. The van der Waals surface area contributed by atoms with Gasteiger partial charge in [0, 0.05) is 30.5 Å². The lowest BCUT2D eigenvalue weighted by atomic mass is 9.91. The normalized spacial score (nSPS) is 20.0. The highest BCUT2D eigenvalue weighted by Crippen LogP contribution is 2.48. The standard InChI is InChI=1S/C30H33N3O6S/c1-4-38-29(35)26-27(19-9-6-5-7-10-19)32-30-33(28(26)20-13-23(36-2)16-24(14-20)37-3)21(18-40-30)15-25(34)31-17-22-11-8-12-39-22/h5-7,9-10,13-14,16,18,22,28H,4,8,11-12,15,17H2,1-3H3,(H,31,34)/t22-,28+/m0/s1. The maximum absolute atomic E-state index is 13.7. The predicted octanol–water partition coefficient (Wildman–Crippen LogP) is 4.66. The Labute approximate surface area is 238 Å². The Hall–Kier alpha value is -3.76. The zero-order valence-electron chi connectivity index (χ0n) is 22.8. The zero-order valence-corrected chi connectivity index (χ0v) is 23.7. The van der Waals surface area contributed by atoms with Crippen LogP contribution in [0, 0.1) is 0 Å². The van der Waals surface area contributed by atoms with E-state index in [-0.39, 0.29) is 25.0 Å². The van der Waals surface area contributed by atoms with E-state index in [1.807, 2.05) is 52.8 Å². The number of fused-ring (bicyclic) bond motifs is 1. The minimum atomic E-state index is -0.641. The largest absolute Gasteiger partial charge is 0.497 e. The number of aliphatic imine (C=N–C) groups is 1. The van der Waals surface area contributed by atoms with E-state index < -0.39 is 12.0 Å². The summed E-state index contributed by atoms with van der Waals surface area (Å²) in [6.07, 6.45) is 2.12. The number of carbonyl (C=O) groups is 2. The summed E-state index contributed by atoms with van der Waals surface area (Å²) in [5.74, 6) is 0.556. The molecule has 210 valence electrons. The highest BCUT2D eigenvalue weighted by Gasteiger charge is 2.42. The Bertz CT molecular complexity index is 1330. The molecule has 0 radical (unpaired) electrons. The van der Waals surface area contributed by atoms with Crippen LogP contribution in [0.2, 0.25) is 0 Å². The first kappa shape index (κ1) is 27.8. The Morgan fingerprint density at radius 3 is 2.52 bits per heavy atom. The van der Waals surface area contributed by atoms with Gasteiger partial charge in [-0.3, -0.25) is 4.79 Å². The first-order chi connectivity index (χ1) is 19.5. The second kappa shape index (κ2) is 12.6. The van der Waals surface area contributed by atoms with Gasteiger partial charge in [0.05, 0.1) is 50.7 Å². The number of ether oxygens (including phenoxy) is 4. The lowest BCUT2D eigenvalue weighted by Crippen LogP contribution is -2.39. The molecule has 9 nitrogen and oxygen atoms in total. The van der Waals surface area contributed by atoms with Crippen molar-refractivity contribution < 1.29 is 28.5 Å². The second-order valence-corrected chi connectivity index (χ2v) is 10.3. The molecule has 2 aromatic rings. The van der Waals surface area contributed by atoms with Crippen LogP contribution in [0.4, 0.5) is 0 Å². The number of benzene rings is 2. The molecule has 10 heteroatoms. The maximum Gasteiger partial charge on any atom is 0.338 e. The van der Waals surface area contributed by atoms with Crippen LogP contribution in [0.3, 0.4) is 0 Å². The van der Waals surface area contributed by atoms with Crippen LogP contribution in [-0.4, -0.2) is 62.0 Å². The van der Waals surface area contributed by atoms with E-state index in [1.54, 1.807) is 27.2 Å². The van der Waals surface area contributed by atoms with Gasteiger partial charge < -0.3 is 29.2 Å². The van der Waals surface area contributed by atoms with Crippen molar-refractivity contribution in [3.8, 4) is 11.5 Å². The Balaban J connectivity index is 1.58. The molecule has 0 unspecified atom stereocenters. The summed E-state index contributed by atoms with van der Waals surface area (Å²) >= 11 is 1.42. The minimum Gasteiger partial charge on any atom is -0.497 e. The third-order valence-electron chi connectivity index (χ3n) is 6.93. The Morgan fingerprint density at radius 1 is 1.12 bits per heavy atom. The monoisotopic (exact) mass is 563 g/mol. The molecule has 3 aliphatic heterocycles. The molecular weight excluding hydrogens is 530 g/mol. The zero-order chi connectivity index (χ0) is 28.1. The lowest BCUT2D eigenvalue weighted by molar-refractivity contribution is -0.139. The molecule has 3 heterocycles. The number of nitrogens with one attached hydrogen (secondary N) is 1. The van der Waals surface area contributed by atoms with E-state index in [0.717, 1.165) is 36.3 Å². The molecule has 0 aromatic heterocycles. The van der Waals surface area contributed by atoms with Gasteiger partial charge in [-0.05, 0) is 42.9 Å². The third-order valence-corrected chi connectivity index (χ3v) is 7.82. The maximum atomic E-state index is 13.7. The average Bonchev–Trinajstić information content (AvgIpc) is 3.65. The number of nitrogens with zero attached hydrogens (tertiary/aromatic N) is 2. The van der Waals surface area contributed by atoms with Gasteiger partial charge >= 0.3 is 5.97 Å². The van der Waals surface area contributed by atoms with Crippen molar-refractivity contribution in [3.05, 3.63) is 76.3 Å². The molecule has 3 aliphatic rings. The number of methoxy groups -OCH3 is 2. The van der Waals surface area contributed by atoms with Gasteiger partial charge in [-0.1, -0.05) is 42.1 Å². The summed E-state index contributed by atoms with van der Waals surface area (Å²) in [5, 5.41) is 5.59. The molecule has 1 fully saturated rings. The van der Waals surface area contributed by atoms with Gasteiger partial charge in [-0.2, -0.15) is 0 Å². The van der Waals surface area contributed by atoms with Crippen LogP contribution in [0.5, 0.6) is 11.5 Å². The van der Waals surface area contributed by atoms with Crippen LogP contribution in [0.25, 0.3) is 5.70 Å². The predicted molar refractivity (Wildman–Crippen MR) is 154 cm³/mol. The van der Waals surface area contributed by atoms with Crippen LogP contribution in [-0.2, 0) is 19.1 Å². The van der Waals surface area contributed by atoms with Crippen molar-refractivity contribution in [2.75, 3.05) is 34.0 Å². The van der Waals surface area contributed by atoms with E-state index in [4.69, 9.17) is 23.9 Å². The van der Waals surface area contributed by atoms with E-state index in [9.17, 15) is 9.59 Å². The molecule has 40 heavy (non-hydrogen) atoms. The van der Waals surface area contributed by atoms with Crippen molar-refractivity contribution in [2.24, 2.45) is 4.99 Å². The van der Waals surface area contributed by atoms with E-state index in [2.05, 4.69) is 5.32 Å². The number of hydrogen-bond donors (Lipinski definition) is 1. The van der Waals surface area contributed by atoms with Gasteiger partial charge in [0.25, 0.3) is 0 Å². The molecule has 2 atom stereocenters. The van der Waals surface area contributed by atoms with Gasteiger partial charge in [0.15, 0.2) is 5.17 Å². The quantitative estimate of drug-likeness (QED) is 0.417.